The Balaban J connectivity index is 5.19. The van der Waals surface area contributed by atoms with Gasteiger partial charge in [0.15, 0.2) is 5.92 Å². The zero-order valence-electron chi connectivity index (χ0n) is 8.00. The van der Waals surface area contributed by atoms with E-state index < -0.39 is 36.2 Å². The molecule has 11 heteroatoms. The summed E-state index contributed by atoms with van der Waals surface area (Å²) < 4.78 is 109. The molecule has 0 radical (unpaired) electrons. The van der Waals surface area contributed by atoms with Gasteiger partial charge in [0, 0.05) is 0 Å². The summed E-state index contributed by atoms with van der Waals surface area (Å²) in [5.74, 6) is -7.26. The third-order valence-corrected chi connectivity index (χ3v) is 1.47. The van der Waals surface area contributed by atoms with Gasteiger partial charge in [-0.25, -0.2) is 4.79 Å². The van der Waals surface area contributed by atoms with Gasteiger partial charge in [-0.05, 0) is 0 Å². The minimum absolute atomic E-state index is 2.06. The number of ether oxygens (including phenoxy) is 1. The maximum atomic E-state index is 12.0. The predicted molar refractivity (Wildman–Crippen MR) is 36.9 cm³/mol. The fourth-order valence-electron chi connectivity index (χ4n) is 0.869. The summed E-state index contributed by atoms with van der Waals surface area (Å²) in [6.07, 6.45) is -17.7. The molecule has 0 aliphatic heterocycles. The van der Waals surface area contributed by atoms with Crippen LogP contribution in [0.1, 0.15) is 0 Å². The van der Waals surface area contributed by atoms with Gasteiger partial charge in [0.1, 0.15) is 0 Å². The van der Waals surface area contributed by atoms with Gasteiger partial charge in [-0.3, -0.25) is 0 Å². The standard InChI is InChI=1S/C7H3F9O2/c1-2(4(17)18-7(14,15)16)3(5(8,9)10)6(11,12)13/h3H,1H2. The van der Waals surface area contributed by atoms with Crippen molar-refractivity contribution in [2.24, 2.45) is 5.92 Å². The van der Waals surface area contributed by atoms with Crippen molar-refractivity contribution in [1.29, 1.82) is 0 Å². The van der Waals surface area contributed by atoms with Crippen LogP contribution < -0.4 is 0 Å². The number of alkyl halides is 9. The molecule has 0 heterocycles. The molecular formula is C7H3F9O2. The molecule has 0 aliphatic carbocycles. The molecule has 0 saturated carbocycles. The Kier molecular flexibility index (Phi) is 4.32. The highest BCUT2D eigenvalue weighted by Gasteiger charge is 2.60. The number of hydrogen-bond donors (Lipinski definition) is 0. The van der Waals surface area contributed by atoms with E-state index in [1.54, 1.807) is 0 Å². The Bertz CT molecular complexity index is 320. The third kappa shape index (κ3) is 4.84. The van der Waals surface area contributed by atoms with E-state index in [1.165, 1.54) is 0 Å². The second-order valence-corrected chi connectivity index (χ2v) is 2.88. The highest BCUT2D eigenvalue weighted by molar-refractivity contribution is 5.88. The predicted octanol–water partition coefficient (Wildman–Crippen LogP) is 3.35. The highest BCUT2D eigenvalue weighted by Crippen LogP contribution is 2.43. The van der Waals surface area contributed by atoms with Gasteiger partial charge < -0.3 is 4.74 Å². The second kappa shape index (κ2) is 4.69. The van der Waals surface area contributed by atoms with E-state index >= 15 is 0 Å². The summed E-state index contributed by atoms with van der Waals surface area (Å²) in [7, 11) is 0. The Morgan fingerprint density at radius 3 is 1.44 bits per heavy atom. The van der Waals surface area contributed by atoms with Crippen molar-refractivity contribution in [3.63, 3.8) is 0 Å². The average molecular weight is 290 g/mol. The van der Waals surface area contributed by atoms with E-state index in [9.17, 15) is 44.3 Å². The van der Waals surface area contributed by atoms with E-state index in [-0.39, 0.29) is 0 Å². The first-order chi connectivity index (χ1) is 7.66. The smallest absolute Gasteiger partial charge is 0.369 e. The molecule has 0 fully saturated rings. The molecule has 18 heavy (non-hydrogen) atoms. The molecule has 0 spiro atoms. The molecule has 0 atom stereocenters. The second-order valence-electron chi connectivity index (χ2n) is 2.88. The van der Waals surface area contributed by atoms with Crippen LogP contribution in [0.5, 0.6) is 0 Å². The number of carbonyl (C=O) groups is 1. The molecule has 0 aromatic heterocycles. The summed E-state index contributed by atoms with van der Waals surface area (Å²) >= 11 is 0. The Labute approximate surface area is 93.0 Å². The van der Waals surface area contributed by atoms with Crippen molar-refractivity contribution in [3.05, 3.63) is 12.2 Å². The Hall–Kier alpha value is -1.42. The molecule has 106 valence electrons. The minimum Gasteiger partial charge on any atom is -0.369 e. The third-order valence-electron chi connectivity index (χ3n) is 1.47. The largest absolute Gasteiger partial charge is 0.575 e. The molecule has 0 aromatic rings. The van der Waals surface area contributed by atoms with Crippen molar-refractivity contribution in [2.75, 3.05) is 0 Å². The van der Waals surface area contributed by atoms with Crippen LogP contribution in [0, 0.1) is 5.92 Å². The van der Waals surface area contributed by atoms with Gasteiger partial charge >= 0.3 is 24.7 Å². The van der Waals surface area contributed by atoms with E-state index in [0.717, 1.165) is 0 Å². The van der Waals surface area contributed by atoms with Crippen molar-refractivity contribution in [2.45, 2.75) is 18.7 Å². The highest BCUT2D eigenvalue weighted by atomic mass is 19.4. The number of esters is 1. The molecule has 0 bridgehead atoms. The number of hydrogen-bond acceptors (Lipinski definition) is 2. The van der Waals surface area contributed by atoms with Crippen LogP contribution in [0.2, 0.25) is 0 Å². The summed E-state index contributed by atoms with van der Waals surface area (Å²) in [6, 6.07) is 0. The van der Waals surface area contributed by atoms with Gasteiger partial charge in [0.25, 0.3) is 0 Å². The van der Waals surface area contributed by atoms with Crippen LogP contribution in [-0.4, -0.2) is 24.7 Å². The summed E-state index contributed by atoms with van der Waals surface area (Å²) in [5, 5.41) is 0. The first kappa shape index (κ1) is 16.6. The van der Waals surface area contributed by atoms with E-state index in [1.807, 2.05) is 0 Å². The zero-order chi connectivity index (χ0) is 14.9. The van der Waals surface area contributed by atoms with Gasteiger partial charge in [-0.1, -0.05) is 6.58 Å². The normalized spacial score (nSPS) is 13.7. The van der Waals surface area contributed by atoms with Gasteiger partial charge in [0.05, 0.1) is 5.57 Å². The van der Waals surface area contributed by atoms with Crippen molar-refractivity contribution in [1.82, 2.24) is 0 Å². The number of rotatable bonds is 2. The Morgan fingerprint density at radius 2 is 1.22 bits per heavy atom. The molecule has 0 amide bonds. The van der Waals surface area contributed by atoms with Crippen molar-refractivity contribution < 1.29 is 49.0 Å². The lowest BCUT2D eigenvalue weighted by Crippen LogP contribution is -2.40. The van der Waals surface area contributed by atoms with Gasteiger partial charge in [-0.15, -0.1) is 13.2 Å². The molecule has 0 aliphatic rings. The maximum Gasteiger partial charge on any atom is 0.575 e. The maximum absolute atomic E-state index is 12.0. The first-order valence-electron chi connectivity index (χ1n) is 3.78. The van der Waals surface area contributed by atoms with Crippen LogP contribution in [-0.2, 0) is 9.53 Å². The number of halogens is 9. The molecule has 2 nitrogen and oxygen atoms in total. The summed E-state index contributed by atoms with van der Waals surface area (Å²) in [6.45, 7) is 2.06. The fraction of sp³-hybridized carbons (Fsp3) is 0.571. The zero-order valence-corrected chi connectivity index (χ0v) is 8.00. The van der Waals surface area contributed by atoms with Crippen LogP contribution in [0.3, 0.4) is 0 Å². The SMILES string of the molecule is C=C(C(=O)OC(F)(F)F)C(C(F)(F)F)C(F)(F)F. The molecule has 0 rings (SSSR count). The first-order valence-corrected chi connectivity index (χ1v) is 3.78. The van der Waals surface area contributed by atoms with Crippen LogP contribution in [0.4, 0.5) is 39.5 Å². The Morgan fingerprint density at radius 1 is 0.889 bits per heavy atom. The monoisotopic (exact) mass is 290 g/mol. The van der Waals surface area contributed by atoms with E-state index in [0.29, 0.717) is 0 Å². The molecule has 0 saturated heterocycles. The van der Waals surface area contributed by atoms with E-state index in [4.69, 9.17) is 0 Å². The van der Waals surface area contributed by atoms with Crippen molar-refractivity contribution in [3.8, 4) is 0 Å². The lowest BCUT2D eigenvalue weighted by Gasteiger charge is -2.23. The quantitative estimate of drug-likeness (QED) is 0.443. The molecule has 0 unspecified atom stereocenters. The lowest BCUT2D eigenvalue weighted by atomic mass is 9.99. The molecule has 0 aromatic carbocycles. The fourth-order valence-corrected chi connectivity index (χ4v) is 0.869. The molecular weight excluding hydrogens is 287 g/mol. The van der Waals surface area contributed by atoms with Crippen molar-refractivity contribution >= 4 is 5.97 Å². The topological polar surface area (TPSA) is 26.3 Å². The van der Waals surface area contributed by atoms with Crippen LogP contribution in [0.25, 0.3) is 0 Å². The van der Waals surface area contributed by atoms with Crippen LogP contribution in [0.15, 0.2) is 12.2 Å². The summed E-state index contributed by atoms with van der Waals surface area (Å²) in [4.78, 5) is 10.5. The average Bonchev–Trinajstić information content (AvgIpc) is 1.93. The lowest BCUT2D eigenvalue weighted by molar-refractivity contribution is -0.308. The molecule has 0 N–H and O–H groups in total. The van der Waals surface area contributed by atoms with E-state index in [2.05, 4.69) is 11.3 Å². The minimum atomic E-state index is -6.01. The van der Waals surface area contributed by atoms with Crippen LogP contribution >= 0.6 is 0 Å². The number of carbonyl (C=O) groups excluding carboxylic acids is 1. The van der Waals surface area contributed by atoms with Gasteiger partial charge in [0.2, 0.25) is 0 Å². The summed E-state index contributed by atoms with van der Waals surface area (Å²) in [5.41, 5.74) is -2.40. The van der Waals surface area contributed by atoms with Gasteiger partial charge in [-0.2, -0.15) is 26.3 Å².